The number of ether oxygens (including phenoxy) is 2. The molecule has 0 N–H and O–H groups in total. The van der Waals surface area contributed by atoms with E-state index < -0.39 is 5.92 Å². The van der Waals surface area contributed by atoms with Crippen LogP contribution in [-0.2, 0) is 22.7 Å². The van der Waals surface area contributed by atoms with Crippen molar-refractivity contribution in [3.8, 4) is 11.5 Å². The lowest BCUT2D eigenvalue weighted by Gasteiger charge is -2.49. The van der Waals surface area contributed by atoms with Crippen molar-refractivity contribution in [2.75, 3.05) is 7.11 Å². The number of allylic oxidation sites excluding steroid dienone is 4. The van der Waals surface area contributed by atoms with Gasteiger partial charge in [-0.2, -0.15) is 0 Å². The van der Waals surface area contributed by atoms with E-state index in [1.165, 1.54) is 0 Å². The Balaban J connectivity index is 1.50. The third-order valence-electron chi connectivity index (χ3n) is 9.09. The van der Waals surface area contributed by atoms with Crippen LogP contribution in [0.15, 0.2) is 98.2 Å². The number of ketones is 2. The summed E-state index contributed by atoms with van der Waals surface area (Å²) in [6, 6.07) is 22.3. The number of hydrogen-bond donors (Lipinski definition) is 0. The van der Waals surface area contributed by atoms with Gasteiger partial charge < -0.3 is 14.4 Å². The van der Waals surface area contributed by atoms with Gasteiger partial charge in [-0.1, -0.05) is 86.1 Å². The number of halogens is 2. The van der Waals surface area contributed by atoms with Crippen LogP contribution in [0.5, 0.6) is 11.5 Å². The summed E-state index contributed by atoms with van der Waals surface area (Å²) >= 11 is 7.25. The Bertz CT molecular complexity index is 1670. The van der Waals surface area contributed by atoms with Crippen molar-refractivity contribution in [1.29, 1.82) is 0 Å². The van der Waals surface area contributed by atoms with Crippen molar-refractivity contribution < 1.29 is 19.1 Å². The molecule has 0 radical (unpaired) electrons. The fourth-order valence-electron chi connectivity index (χ4n) is 7.12. The minimum Gasteiger partial charge on any atom is -0.493 e. The second-order valence-corrected chi connectivity index (χ2v) is 15.8. The normalized spacial score (nSPS) is 19.4. The molecule has 0 unspecified atom stereocenters. The van der Waals surface area contributed by atoms with Gasteiger partial charge >= 0.3 is 0 Å². The summed E-state index contributed by atoms with van der Waals surface area (Å²) < 4.78 is 13.9. The van der Waals surface area contributed by atoms with E-state index in [4.69, 9.17) is 9.47 Å². The number of benzene rings is 3. The lowest BCUT2D eigenvalue weighted by atomic mass is 9.63. The van der Waals surface area contributed by atoms with Crippen molar-refractivity contribution >= 4 is 43.4 Å². The fourth-order valence-corrected chi connectivity index (χ4v) is 7.96. The lowest BCUT2D eigenvalue weighted by molar-refractivity contribution is -0.119. The first-order chi connectivity index (χ1) is 21.4. The Labute approximate surface area is 282 Å². The summed E-state index contributed by atoms with van der Waals surface area (Å²) in [4.78, 5) is 30.8. The highest BCUT2D eigenvalue weighted by atomic mass is 79.9. The predicted molar refractivity (Wildman–Crippen MR) is 184 cm³/mol. The van der Waals surface area contributed by atoms with Gasteiger partial charge in [0.25, 0.3) is 0 Å². The van der Waals surface area contributed by atoms with Gasteiger partial charge in [-0.25, -0.2) is 0 Å². The van der Waals surface area contributed by atoms with Crippen LogP contribution in [0.1, 0.15) is 76.0 Å². The molecule has 234 valence electrons. The Morgan fingerprint density at radius 1 is 0.778 bits per heavy atom. The topological polar surface area (TPSA) is 55.8 Å². The molecule has 3 aliphatic rings. The van der Waals surface area contributed by atoms with Gasteiger partial charge in [-0.05, 0) is 80.6 Å². The van der Waals surface area contributed by atoms with Crippen LogP contribution in [0.2, 0.25) is 0 Å². The zero-order valence-corrected chi connectivity index (χ0v) is 29.7. The van der Waals surface area contributed by atoms with Gasteiger partial charge in [-0.15, -0.1) is 0 Å². The van der Waals surface area contributed by atoms with E-state index in [2.05, 4.69) is 76.6 Å². The van der Waals surface area contributed by atoms with Crippen molar-refractivity contribution in [2.24, 2.45) is 10.8 Å². The number of hydrogen-bond acceptors (Lipinski definition) is 5. The molecule has 0 fully saturated rings. The van der Waals surface area contributed by atoms with Gasteiger partial charge in [0.1, 0.15) is 6.61 Å². The first-order valence-electron chi connectivity index (χ1n) is 15.4. The highest BCUT2D eigenvalue weighted by Gasteiger charge is 2.49. The molecule has 0 saturated heterocycles. The summed E-state index contributed by atoms with van der Waals surface area (Å²) in [5, 5.41) is 0. The summed E-state index contributed by atoms with van der Waals surface area (Å²) in [6.45, 7) is 9.66. The number of carbonyl (C=O) groups is 2. The quantitative estimate of drug-likeness (QED) is 0.242. The molecule has 0 saturated carbocycles. The molecule has 6 rings (SSSR count). The molecule has 45 heavy (non-hydrogen) atoms. The summed E-state index contributed by atoms with van der Waals surface area (Å²) in [7, 11) is 1.62. The molecule has 3 aromatic rings. The van der Waals surface area contributed by atoms with Crippen molar-refractivity contribution in [3.63, 3.8) is 0 Å². The molecule has 0 bridgehead atoms. The third kappa shape index (κ3) is 6.44. The average Bonchev–Trinajstić information content (AvgIpc) is 2.97. The van der Waals surface area contributed by atoms with Crippen molar-refractivity contribution in [2.45, 2.75) is 72.4 Å². The first kappa shape index (κ1) is 31.8. The molecule has 0 atom stereocenters. The second kappa shape index (κ2) is 12.2. The molecular formula is C38H39Br2NO4. The van der Waals surface area contributed by atoms with Crippen LogP contribution in [-0.4, -0.2) is 23.6 Å². The van der Waals surface area contributed by atoms with Crippen LogP contribution in [0.3, 0.4) is 0 Å². The molecule has 5 nitrogen and oxygen atoms in total. The van der Waals surface area contributed by atoms with E-state index in [1.54, 1.807) is 7.11 Å². The largest absolute Gasteiger partial charge is 0.493 e. The molecule has 7 heteroatoms. The second-order valence-electron chi connectivity index (χ2n) is 14.1. The maximum atomic E-state index is 14.2. The molecule has 0 amide bonds. The number of methoxy groups -OCH3 is 1. The molecule has 0 aromatic heterocycles. The SMILES string of the molecule is COc1cc(C2C3=C(CC(C)(C)CC3=O)N(Cc3ccccc3)C3=C2C(=O)CC(C)(C)C3)cc(Br)c1OCc1ccc(Br)cc1. The first-order valence-corrected chi connectivity index (χ1v) is 17.0. The minimum atomic E-state index is -0.472. The third-order valence-corrected chi connectivity index (χ3v) is 10.2. The van der Waals surface area contributed by atoms with E-state index in [0.717, 1.165) is 61.0 Å². The monoisotopic (exact) mass is 731 g/mol. The highest BCUT2D eigenvalue weighted by molar-refractivity contribution is 9.10. The van der Waals surface area contributed by atoms with E-state index in [9.17, 15) is 9.59 Å². The number of nitrogens with zero attached hydrogens (tertiary/aromatic N) is 1. The van der Waals surface area contributed by atoms with E-state index in [1.807, 2.05) is 54.6 Å². The van der Waals surface area contributed by atoms with Gasteiger partial charge in [0.2, 0.25) is 0 Å². The number of carbonyl (C=O) groups excluding carboxylic acids is 2. The summed E-state index contributed by atoms with van der Waals surface area (Å²) in [5.41, 5.74) is 6.23. The van der Waals surface area contributed by atoms with E-state index in [-0.39, 0.29) is 22.4 Å². The van der Waals surface area contributed by atoms with E-state index >= 15 is 0 Å². The highest BCUT2D eigenvalue weighted by Crippen LogP contribution is 2.55. The van der Waals surface area contributed by atoms with Crippen LogP contribution in [0.25, 0.3) is 0 Å². The number of Topliss-reactive ketones (excluding diaryl/α,β-unsaturated/α-hetero) is 2. The molecule has 1 aliphatic heterocycles. The predicted octanol–water partition coefficient (Wildman–Crippen LogP) is 9.68. The van der Waals surface area contributed by atoms with Crippen LogP contribution >= 0.6 is 31.9 Å². The Morgan fingerprint density at radius 2 is 1.36 bits per heavy atom. The van der Waals surface area contributed by atoms with Gasteiger partial charge in [0, 0.05) is 52.3 Å². The lowest BCUT2D eigenvalue weighted by Crippen LogP contribution is -2.44. The zero-order chi connectivity index (χ0) is 32.1. The fraction of sp³-hybridized carbons (Fsp3) is 0.368. The Kier molecular flexibility index (Phi) is 8.64. The summed E-state index contributed by atoms with van der Waals surface area (Å²) in [5.74, 6) is 0.888. The molecule has 1 heterocycles. The number of rotatable bonds is 7. The molecule has 0 spiro atoms. The molecular weight excluding hydrogens is 694 g/mol. The molecule has 2 aliphatic carbocycles. The van der Waals surface area contributed by atoms with E-state index in [0.29, 0.717) is 37.5 Å². The van der Waals surface area contributed by atoms with Crippen LogP contribution in [0, 0.1) is 10.8 Å². The van der Waals surface area contributed by atoms with Gasteiger partial charge in [-0.3, -0.25) is 9.59 Å². The Hall–Kier alpha value is -3.16. The smallest absolute Gasteiger partial charge is 0.175 e. The van der Waals surface area contributed by atoms with Gasteiger partial charge in [0.05, 0.1) is 11.6 Å². The minimum absolute atomic E-state index is 0.110. The van der Waals surface area contributed by atoms with Gasteiger partial charge in [0.15, 0.2) is 23.1 Å². The standard InChI is InChI=1S/C38H39Br2NO4/c1-37(2)17-28-34(30(42)19-37)33(25-15-27(40)36(32(16-25)44-5)45-22-24-11-13-26(39)14-12-24)35-29(18-38(3,4)20-31(35)43)41(28)21-23-9-7-6-8-10-23/h6-16,33H,17-22H2,1-5H3. The Morgan fingerprint density at radius 3 is 1.91 bits per heavy atom. The molecule has 3 aromatic carbocycles. The van der Waals surface area contributed by atoms with Crippen LogP contribution in [0.4, 0.5) is 0 Å². The maximum Gasteiger partial charge on any atom is 0.175 e. The van der Waals surface area contributed by atoms with Crippen LogP contribution < -0.4 is 9.47 Å². The zero-order valence-electron chi connectivity index (χ0n) is 26.5. The van der Waals surface area contributed by atoms with Crippen molar-refractivity contribution in [1.82, 2.24) is 4.90 Å². The average molecular weight is 734 g/mol. The van der Waals surface area contributed by atoms with Crippen molar-refractivity contribution in [3.05, 3.63) is 115 Å². The summed E-state index contributed by atoms with van der Waals surface area (Å²) in [6.07, 6.45) is 2.40. The maximum absolute atomic E-state index is 14.2.